The van der Waals surface area contributed by atoms with Gasteiger partial charge in [-0.15, -0.1) is 11.3 Å². The van der Waals surface area contributed by atoms with Gasteiger partial charge in [0.2, 0.25) is 0 Å². The Morgan fingerprint density at radius 3 is 2.75 bits per heavy atom. The summed E-state index contributed by atoms with van der Waals surface area (Å²) in [4.78, 5) is 0. The number of rotatable bonds is 2. The first-order valence-corrected chi connectivity index (χ1v) is 7.94. The van der Waals surface area contributed by atoms with Gasteiger partial charge in [0.05, 0.1) is 9.35 Å². The number of halogens is 2. The minimum Gasteiger partial charge on any atom is -0.383 e. The summed E-state index contributed by atoms with van der Waals surface area (Å²) in [6.45, 7) is 0. The molecule has 0 atom stereocenters. The lowest BCUT2D eigenvalue weighted by molar-refractivity contribution is 0.782. The van der Waals surface area contributed by atoms with E-state index in [9.17, 15) is 0 Å². The van der Waals surface area contributed by atoms with Crippen molar-refractivity contribution in [3.63, 3.8) is 0 Å². The van der Waals surface area contributed by atoms with Crippen LogP contribution in [0.2, 0.25) is 5.02 Å². The van der Waals surface area contributed by atoms with Crippen LogP contribution in [0.3, 0.4) is 0 Å². The zero-order valence-electron chi connectivity index (χ0n) is 10.6. The van der Waals surface area contributed by atoms with Crippen LogP contribution in [-0.2, 0) is 7.05 Å². The molecule has 3 aromatic rings. The summed E-state index contributed by atoms with van der Waals surface area (Å²) in [5.74, 6) is 0.629. The van der Waals surface area contributed by atoms with E-state index in [1.165, 1.54) is 0 Å². The second-order valence-electron chi connectivity index (χ2n) is 4.38. The van der Waals surface area contributed by atoms with Crippen LogP contribution in [0.15, 0.2) is 39.5 Å². The first-order chi connectivity index (χ1) is 9.56. The second-order valence-corrected chi connectivity index (χ2v) is 7.11. The van der Waals surface area contributed by atoms with Gasteiger partial charge in [-0.1, -0.05) is 23.7 Å². The minimum absolute atomic E-state index is 0.629. The number of aryl methyl sites for hydroxylation is 1. The Bertz CT molecular complexity index is 779. The molecule has 20 heavy (non-hydrogen) atoms. The summed E-state index contributed by atoms with van der Waals surface area (Å²) in [6.07, 6.45) is 0. The predicted molar refractivity (Wildman–Crippen MR) is 89.1 cm³/mol. The summed E-state index contributed by atoms with van der Waals surface area (Å²) in [7, 11) is 1.84. The van der Waals surface area contributed by atoms with Crippen LogP contribution >= 0.6 is 38.9 Å². The number of nitrogens with two attached hydrogens (primary N) is 1. The standard InChI is InChI=1S/C14H11BrClN3S/c1-19-14(17)12(8-3-2-4-10(16)5-8)13(18-19)9-6-11(15)20-7-9/h2-7H,17H2,1H3. The summed E-state index contributed by atoms with van der Waals surface area (Å²) in [5.41, 5.74) is 9.98. The highest BCUT2D eigenvalue weighted by atomic mass is 79.9. The van der Waals surface area contributed by atoms with Crippen molar-refractivity contribution in [1.82, 2.24) is 9.78 Å². The fourth-order valence-electron chi connectivity index (χ4n) is 2.10. The van der Waals surface area contributed by atoms with Gasteiger partial charge in [0, 0.05) is 23.0 Å². The van der Waals surface area contributed by atoms with Crippen molar-refractivity contribution in [2.45, 2.75) is 0 Å². The van der Waals surface area contributed by atoms with Gasteiger partial charge in [0.15, 0.2) is 0 Å². The first kappa shape index (κ1) is 13.7. The molecule has 2 aromatic heterocycles. The average Bonchev–Trinajstić information content (AvgIpc) is 2.95. The lowest BCUT2D eigenvalue weighted by atomic mass is 10.0. The third-order valence-corrected chi connectivity index (χ3v) is 4.79. The number of hydrogen-bond acceptors (Lipinski definition) is 3. The van der Waals surface area contributed by atoms with Gasteiger partial charge >= 0.3 is 0 Å². The lowest BCUT2D eigenvalue weighted by Crippen LogP contribution is -1.97. The highest BCUT2D eigenvalue weighted by Crippen LogP contribution is 2.39. The van der Waals surface area contributed by atoms with Crippen LogP contribution in [0.25, 0.3) is 22.4 Å². The smallest absolute Gasteiger partial charge is 0.129 e. The number of thiophene rings is 1. The van der Waals surface area contributed by atoms with Crippen LogP contribution < -0.4 is 5.73 Å². The number of nitrogens with zero attached hydrogens (tertiary/aromatic N) is 2. The monoisotopic (exact) mass is 367 g/mol. The average molecular weight is 369 g/mol. The third-order valence-electron chi connectivity index (χ3n) is 3.05. The third kappa shape index (κ3) is 2.37. The van der Waals surface area contributed by atoms with Gasteiger partial charge in [-0.3, -0.25) is 4.68 Å². The molecule has 0 aliphatic heterocycles. The summed E-state index contributed by atoms with van der Waals surface area (Å²) in [5, 5.41) is 7.27. The van der Waals surface area contributed by atoms with Crippen molar-refractivity contribution in [2.75, 3.05) is 5.73 Å². The molecule has 2 heterocycles. The van der Waals surface area contributed by atoms with Crippen molar-refractivity contribution in [1.29, 1.82) is 0 Å². The van der Waals surface area contributed by atoms with Gasteiger partial charge in [-0.2, -0.15) is 5.10 Å². The zero-order valence-corrected chi connectivity index (χ0v) is 13.8. The molecule has 0 bridgehead atoms. The molecule has 0 amide bonds. The molecule has 0 fully saturated rings. The molecule has 0 spiro atoms. The van der Waals surface area contributed by atoms with Crippen LogP contribution in [0.1, 0.15) is 0 Å². The number of benzene rings is 1. The van der Waals surface area contributed by atoms with E-state index in [-0.39, 0.29) is 0 Å². The Hall–Kier alpha value is -1.30. The van der Waals surface area contributed by atoms with E-state index in [1.54, 1.807) is 16.0 Å². The first-order valence-electron chi connectivity index (χ1n) is 5.89. The van der Waals surface area contributed by atoms with E-state index in [0.29, 0.717) is 10.8 Å². The number of nitrogen functional groups attached to an aromatic ring is 1. The van der Waals surface area contributed by atoms with Crippen molar-refractivity contribution < 1.29 is 0 Å². The van der Waals surface area contributed by atoms with Crippen molar-refractivity contribution in [3.8, 4) is 22.4 Å². The molecule has 0 radical (unpaired) electrons. The molecule has 3 nitrogen and oxygen atoms in total. The molecular weight excluding hydrogens is 358 g/mol. The molecule has 1 aromatic carbocycles. The second kappa shape index (κ2) is 5.24. The van der Waals surface area contributed by atoms with E-state index in [0.717, 1.165) is 26.2 Å². The quantitative estimate of drug-likeness (QED) is 0.705. The topological polar surface area (TPSA) is 43.8 Å². The molecule has 0 aliphatic rings. The molecule has 3 rings (SSSR count). The molecule has 0 saturated carbocycles. The van der Waals surface area contributed by atoms with E-state index in [4.69, 9.17) is 17.3 Å². The summed E-state index contributed by atoms with van der Waals surface area (Å²) < 4.78 is 2.76. The van der Waals surface area contributed by atoms with E-state index in [2.05, 4.69) is 26.4 Å². The lowest BCUT2D eigenvalue weighted by Gasteiger charge is -2.03. The van der Waals surface area contributed by atoms with E-state index < -0.39 is 0 Å². The zero-order chi connectivity index (χ0) is 14.3. The van der Waals surface area contributed by atoms with Crippen molar-refractivity contribution in [3.05, 3.63) is 44.5 Å². The highest BCUT2D eigenvalue weighted by molar-refractivity contribution is 9.11. The van der Waals surface area contributed by atoms with Crippen molar-refractivity contribution >= 4 is 44.7 Å². The molecule has 2 N–H and O–H groups in total. The molecule has 0 unspecified atom stereocenters. The van der Waals surface area contributed by atoms with Crippen LogP contribution in [-0.4, -0.2) is 9.78 Å². The Labute approximate surface area is 134 Å². The number of aromatic nitrogens is 2. The normalized spacial score (nSPS) is 10.9. The fourth-order valence-corrected chi connectivity index (χ4v) is 3.43. The maximum Gasteiger partial charge on any atom is 0.129 e. The van der Waals surface area contributed by atoms with Crippen LogP contribution in [0.5, 0.6) is 0 Å². The van der Waals surface area contributed by atoms with Gasteiger partial charge in [0.25, 0.3) is 0 Å². The van der Waals surface area contributed by atoms with E-state index >= 15 is 0 Å². The van der Waals surface area contributed by atoms with Gasteiger partial charge in [-0.05, 0) is 39.7 Å². The Morgan fingerprint density at radius 2 is 2.10 bits per heavy atom. The summed E-state index contributed by atoms with van der Waals surface area (Å²) >= 11 is 11.2. The Morgan fingerprint density at radius 1 is 1.30 bits per heavy atom. The fraction of sp³-hybridized carbons (Fsp3) is 0.0714. The SMILES string of the molecule is Cn1nc(-c2csc(Br)c2)c(-c2cccc(Cl)c2)c1N. The maximum atomic E-state index is 6.18. The molecule has 102 valence electrons. The maximum absolute atomic E-state index is 6.18. The molecular formula is C14H11BrClN3S. The van der Waals surface area contributed by atoms with Crippen molar-refractivity contribution in [2.24, 2.45) is 7.05 Å². The highest BCUT2D eigenvalue weighted by Gasteiger charge is 2.18. The minimum atomic E-state index is 0.629. The summed E-state index contributed by atoms with van der Waals surface area (Å²) in [6, 6.07) is 9.69. The van der Waals surface area contributed by atoms with Crippen LogP contribution in [0.4, 0.5) is 5.82 Å². The van der Waals surface area contributed by atoms with Gasteiger partial charge in [-0.25, -0.2) is 0 Å². The number of hydrogen-bond donors (Lipinski definition) is 1. The van der Waals surface area contributed by atoms with Gasteiger partial charge in [0.1, 0.15) is 11.5 Å². The Kier molecular flexibility index (Phi) is 3.58. The van der Waals surface area contributed by atoms with E-state index in [1.807, 2.05) is 37.4 Å². The Balaban J connectivity index is 2.24. The molecule has 0 saturated heterocycles. The van der Waals surface area contributed by atoms with Gasteiger partial charge < -0.3 is 5.73 Å². The largest absolute Gasteiger partial charge is 0.383 e. The predicted octanol–water partition coefficient (Wildman–Crippen LogP) is 4.81. The molecule has 6 heteroatoms. The van der Waals surface area contributed by atoms with Crippen LogP contribution in [0, 0.1) is 0 Å². The number of anilines is 1. The molecule has 0 aliphatic carbocycles.